The molecule has 0 aliphatic carbocycles. The van der Waals surface area contributed by atoms with Crippen molar-refractivity contribution in [2.24, 2.45) is 5.73 Å². The third kappa shape index (κ3) is 2.19. The Morgan fingerprint density at radius 1 is 1.70 bits per heavy atom. The average Bonchev–Trinajstić information content (AvgIpc) is 2.34. The van der Waals surface area contributed by atoms with Crippen molar-refractivity contribution in [2.75, 3.05) is 6.54 Å². The van der Waals surface area contributed by atoms with Crippen molar-refractivity contribution in [1.82, 2.24) is 5.32 Å². The van der Waals surface area contributed by atoms with Gasteiger partial charge in [-0.05, 0) is 19.4 Å². The van der Waals surface area contributed by atoms with Crippen LogP contribution in [0.3, 0.4) is 0 Å². The van der Waals surface area contributed by atoms with Gasteiger partial charge in [0.2, 0.25) is 5.91 Å². The van der Waals surface area contributed by atoms with E-state index >= 15 is 0 Å². The van der Waals surface area contributed by atoms with Gasteiger partial charge in [0.05, 0.1) is 0 Å². The molecule has 3 N–H and O–H groups in total. The summed E-state index contributed by atoms with van der Waals surface area (Å²) in [6, 6.07) is 0.368. The summed E-state index contributed by atoms with van der Waals surface area (Å²) < 4.78 is 0. The zero-order valence-corrected chi connectivity index (χ0v) is 5.84. The van der Waals surface area contributed by atoms with Crippen LogP contribution < -0.4 is 11.1 Å². The summed E-state index contributed by atoms with van der Waals surface area (Å²) in [6.45, 7) is 1.05. The molecule has 0 unspecified atom stereocenters. The van der Waals surface area contributed by atoms with Crippen LogP contribution in [0.25, 0.3) is 0 Å². The molecule has 1 fully saturated rings. The number of carbonyl (C=O) groups is 1. The smallest absolute Gasteiger partial charge is 0.241 e. The molecule has 56 valence electrons. The van der Waals surface area contributed by atoms with Crippen molar-refractivity contribution >= 4 is 5.91 Å². The second-order valence-corrected chi connectivity index (χ2v) is 2.46. The number of amides is 1. The maximum atomic E-state index is 10.3. The number of carbonyl (C=O) groups excluding carboxylic acids is 1. The molecule has 1 aliphatic heterocycles. The standard InChI is InChI=1S/C7H12N2O/c8-7(10)4-3-6-2-1-5-9-6/h3-4,6,9H,1-2,5H2,(H2,8,10)/b4-3+/t6-/m1/s1. The van der Waals surface area contributed by atoms with Crippen LogP contribution in [0.2, 0.25) is 0 Å². The van der Waals surface area contributed by atoms with Crippen molar-refractivity contribution < 1.29 is 4.79 Å². The quantitative estimate of drug-likeness (QED) is 0.521. The van der Waals surface area contributed by atoms with Crippen LogP contribution in [-0.2, 0) is 4.79 Å². The molecule has 0 bridgehead atoms. The van der Waals surface area contributed by atoms with Crippen molar-refractivity contribution in [3.05, 3.63) is 12.2 Å². The van der Waals surface area contributed by atoms with Crippen LogP contribution in [0.4, 0.5) is 0 Å². The normalized spacial score (nSPS) is 25.8. The zero-order chi connectivity index (χ0) is 7.40. The van der Waals surface area contributed by atoms with Crippen LogP contribution in [0.15, 0.2) is 12.2 Å². The summed E-state index contributed by atoms with van der Waals surface area (Å²) in [5.74, 6) is -0.367. The van der Waals surface area contributed by atoms with Gasteiger partial charge in [-0.3, -0.25) is 4.79 Å². The number of hydrogen-bond acceptors (Lipinski definition) is 2. The van der Waals surface area contributed by atoms with E-state index in [1.165, 1.54) is 12.5 Å². The van der Waals surface area contributed by atoms with Gasteiger partial charge in [0, 0.05) is 12.1 Å². The van der Waals surface area contributed by atoms with Crippen LogP contribution >= 0.6 is 0 Å². The first-order chi connectivity index (χ1) is 4.79. The molecule has 0 saturated carbocycles. The molecule has 0 aromatic rings. The monoisotopic (exact) mass is 140 g/mol. The molecule has 1 aliphatic rings. The average molecular weight is 140 g/mol. The van der Waals surface area contributed by atoms with Gasteiger partial charge in [-0.15, -0.1) is 0 Å². The topological polar surface area (TPSA) is 55.1 Å². The number of nitrogens with two attached hydrogens (primary N) is 1. The van der Waals surface area contributed by atoms with E-state index in [1.54, 1.807) is 0 Å². The molecule has 0 radical (unpaired) electrons. The molecule has 3 heteroatoms. The highest BCUT2D eigenvalue weighted by Crippen LogP contribution is 2.04. The highest BCUT2D eigenvalue weighted by molar-refractivity contribution is 5.85. The van der Waals surface area contributed by atoms with E-state index in [4.69, 9.17) is 5.73 Å². The van der Waals surface area contributed by atoms with E-state index < -0.39 is 0 Å². The van der Waals surface area contributed by atoms with Gasteiger partial charge in [-0.1, -0.05) is 6.08 Å². The Morgan fingerprint density at radius 2 is 2.50 bits per heavy atom. The van der Waals surface area contributed by atoms with Gasteiger partial charge in [0.1, 0.15) is 0 Å². The Hall–Kier alpha value is -0.830. The van der Waals surface area contributed by atoms with Crippen LogP contribution in [0.5, 0.6) is 0 Å². The molecule has 1 saturated heterocycles. The Bertz CT molecular complexity index is 148. The first kappa shape index (κ1) is 7.28. The Kier molecular flexibility index (Phi) is 2.45. The molecular weight excluding hydrogens is 128 g/mol. The lowest BCUT2D eigenvalue weighted by Crippen LogP contribution is -2.19. The minimum Gasteiger partial charge on any atom is -0.366 e. The molecule has 1 amide bonds. The summed E-state index contributed by atoms with van der Waals surface area (Å²) >= 11 is 0. The van der Waals surface area contributed by atoms with Gasteiger partial charge in [-0.2, -0.15) is 0 Å². The van der Waals surface area contributed by atoms with Gasteiger partial charge < -0.3 is 11.1 Å². The van der Waals surface area contributed by atoms with Crippen molar-refractivity contribution in [3.63, 3.8) is 0 Å². The Morgan fingerprint density at radius 3 is 3.00 bits per heavy atom. The van der Waals surface area contributed by atoms with E-state index in [0.717, 1.165) is 13.0 Å². The molecule has 0 aromatic heterocycles. The number of rotatable bonds is 2. The zero-order valence-electron chi connectivity index (χ0n) is 5.84. The van der Waals surface area contributed by atoms with Crippen LogP contribution in [0, 0.1) is 0 Å². The fraction of sp³-hybridized carbons (Fsp3) is 0.571. The van der Waals surface area contributed by atoms with Gasteiger partial charge in [0.15, 0.2) is 0 Å². The van der Waals surface area contributed by atoms with Crippen molar-refractivity contribution in [1.29, 1.82) is 0 Å². The summed E-state index contributed by atoms with van der Waals surface area (Å²) in [5, 5.41) is 3.22. The molecule has 3 nitrogen and oxygen atoms in total. The lowest BCUT2D eigenvalue weighted by atomic mass is 10.2. The van der Waals surface area contributed by atoms with Crippen molar-refractivity contribution in [2.45, 2.75) is 18.9 Å². The summed E-state index contributed by atoms with van der Waals surface area (Å²) in [5.41, 5.74) is 4.92. The molecule has 10 heavy (non-hydrogen) atoms. The first-order valence-corrected chi connectivity index (χ1v) is 3.50. The first-order valence-electron chi connectivity index (χ1n) is 3.50. The van der Waals surface area contributed by atoms with E-state index in [2.05, 4.69) is 5.32 Å². The van der Waals surface area contributed by atoms with Gasteiger partial charge in [-0.25, -0.2) is 0 Å². The minimum absolute atomic E-state index is 0.367. The van der Waals surface area contributed by atoms with E-state index in [0.29, 0.717) is 6.04 Å². The third-order valence-electron chi connectivity index (χ3n) is 1.59. The SMILES string of the molecule is NC(=O)/C=C/[C@H]1CCCN1. The molecule has 1 atom stereocenters. The lowest BCUT2D eigenvalue weighted by molar-refractivity contribution is -0.113. The second kappa shape index (κ2) is 3.37. The maximum Gasteiger partial charge on any atom is 0.241 e. The minimum atomic E-state index is -0.367. The molecule has 0 aromatic carbocycles. The molecule has 0 spiro atoms. The summed E-state index contributed by atoms with van der Waals surface area (Å²) in [7, 11) is 0. The van der Waals surface area contributed by atoms with Crippen LogP contribution in [0.1, 0.15) is 12.8 Å². The lowest BCUT2D eigenvalue weighted by Gasteiger charge is -1.99. The fourth-order valence-corrected chi connectivity index (χ4v) is 1.09. The van der Waals surface area contributed by atoms with Gasteiger partial charge in [0.25, 0.3) is 0 Å². The molecular formula is C7H12N2O. The Labute approximate surface area is 60.3 Å². The number of hydrogen-bond donors (Lipinski definition) is 2. The van der Waals surface area contributed by atoms with E-state index in [1.807, 2.05) is 6.08 Å². The van der Waals surface area contributed by atoms with Crippen molar-refractivity contribution in [3.8, 4) is 0 Å². The molecule has 1 heterocycles. The summed E-state index contributed by atoms with van der Waals surface area (Å²) in [4.78, 5) is 10.3. The fourth-order valence-electron chi connectivity index (χ4n) is 1.09. The van der Waals surface area contributed by atoms with E-state index in [9.17, 15) is 4.79 Å². The molecule has 1 rings (SSSR count). The predicted octanol–water partition coefficient (Wildman–Crippen LogP) is -0.220. The number of nitrogens with one attached hydrogen (secondary N) is 1. The number of primary amides is 1. The second-order valence-electron chi connectivity index (χ2n) is 2.46. The largest absolute Gasteiger partial charge is 0.366 e. The highest BCUT2D eigenvalue weighted by Gasteiger charge is 2.09. The predicted molar refractivity (Wildman–Crippen MR) is 39.4 cm³/mol. The Balaban J connectivity index is 2.29. The summed E-state index contributed by atoms with van der Waals surface area (Å²) in [6.07, 6.45) is 5.55. The maximum absolute atomic E-state index is 10.3. The van der Waals surface area contributed by atoms with Gasteiger partial charge >= 0.3 is 0 Å². The van der Waals surface area contributed by atoms with Crippen LogP contribution in [-0.4, -0.2) is 18.5 Å². The van der Waals surface area contributed by atoms with E-state index in [-0.39, 0.29) is 5.91 Å². The third-order valence-corrected chi connectivity index (χ3v) is 1.59. The highest BCUT2D eigenvalue weighted by atomic mass is 16.1.